The number of benzene rings is 1. The summed E-state index contributed by atoms with van der Waals surface area (Å²) in [5, 5.41) is 0. The quantitative estimate of drug-likeness (QED) is 0.856. The first-order valence-electron chi connectivity index (χ1n) is 7.16. The predicted octanol–water partition coefficient (Wildman–Crippen LogP) is 2.44. The first kappa shape index (κ1) is 13.9. The normalized spacial score (nSPS) is 27.7. The van der Waals surface area contributed by atoms with E-state index in [-0.39, 0.29) is 5.54 Å². The fraction of sp³-hybridized carbons (Fsp3) is 0.533. The van der Waals surface area contributed by atoms with Crippen LogP contribution in [0.4, 0.5) is 5.69 Å². The standard InChI is InChI=1S/C15H21BrN4/c1-19-9-4-7-15(8-10-19)11-18-14(17)20(15)13-6-3-2-5-12(13)16/h2-3,5-6H,4,7-11H2,1H3,(H2,17,18). The van der Waals surface area contributed by atoms with Crippen molar-refractivity contribution in [3.8, 4) is 0 Å². The highest BCUT2D eigenvalue weighted by molar-refractivity contribution is 9.10. The second-order valence-electron chi connectivity index (χ2n) is 5.84. The second-order valence-corrected chi connectivity index (χ2v) is 6.70. The van der Waals surface area contributed by atoms with Gasteiger partial charge in [0.25, 0.3) is 0 Å². The van der Waals surface area contributed by atoms with Crippen LogP contribution in [0.25, 0.3) is 0 Å². The SMILES string of the molecule is CN1CCCC2(CC1)CN=C(N)N2c1ccccc1Br. The third-order valence-corrected chi connectivity index (χ3v) is 5.14. The highest BCUT2D eigenvalue weighted by Gasteiger charge is 2.44. The topological polar surface area (TPSA) is 44.9 Å². The van der Waals surface area contributed by atoms with E-state index in [9.17, 15) is 0 Å². The molecule has 1 unspecified atom stereocenters. The molecule has 4 nitrogen and oxygen atoms in total. The van der Waals surface area contributed by atoms with Crippen molar-refractivity contribution in [2.45, 2.75) is 24.8 Å². The fourth-order valence-electron chi connectivity index (χ4n) is 3.32. The minimum Gasteiger partial charge on any atom is -0.369 e. The maximum atomic E-state index is 6.21. The number of halogens is 1. The second kappa shape index (κ2) is 5.37. The molecule has 1 aromatic rings. The van der Waals surface area contributed by atoms with E-state index in [0.717, 1.165) is 42.6 Å². The molecule has 1 saturated heterocycles. The Kier molecular flexibility index (Phi) is 3.73. The van der Waals surface area contributed by atoms with E-state index in [1.165, 1.54) is 6.42 Å². The van der Waals surface area contributed by atoms with E-state index in [1.807, 2.05) is 6.07 Å². The molecule has 0 aliphatic carbocycles. The number of rotatable bonds is 1. The Morgan fingerprint density at radius 1 is 1.25 bits per heavy atom. The van der Waals surface area contributed by atoms with Gasteiger partial charge in [0.05, 0.1) is 17.8 Å². The van der Waals surface area contributed by atoms with Crippen LogP contribution in [0, 0.1) is 0 Å². The Morgan fingerprint density at radius 3 is 2.85 bits per heavy atom. The largest absolute Gasteiger partial charge is 0.369 e. The summed E-state index contributed by atoms with van der Waals surface area (Å²) in [5.74, 6) is 0.654. The molecule has 2 aliphatic heterocycles. The van der Waals surface area contributed by atoms with Crippen LogP contribution in [0.1, 0.15) is 19.3 Å². The average molecular weight is 337 g/mol. The van der Waals surface area contributed by atoms with Gasteiger partial charge < -0.3 is 15.5 Å². The molecule has 0 saturated carbocycles. The van der Waals surface area contributed by atoms with Gasteiger partial charge in [-0.3, -0.25) is 4.99 Å². The minimum absolute atomic E-state index is 0.0543. The smallest absolute Gasteiger partial charge is 0.196 e. The molecule has 2 aliphatic rings. The maximum Gasteiger partial charge on any atom is 0.196 e. The summed E-state index contributed by atoms with van der Waals surface area (Å²) < 4.78 is 1.08. The molecule has 0 aromatic heterocycles. The van der Waals surface area contributed by atoms with Gasteiger partial charge in [0, 0.05) is 11.0 Å². The van der Waals surface area contributed by atoms with Crippen molar-refractivity contribution in [1.82, 2.24) is 4.90 Å². The van der Waals surface area contributed by atoms with Gasteiger partial charge in [0.2, 0.25) is 0 Å². The van der Waals surface area contributed by atoms with Crippen LogP contribution < -0.4 is 10.6 Å². The van der Waals surface area contributed by atoms with Crippen LogP contribution in [0.3, 0.4) is 0 Å². The molecule has 2 heterocycles. The number of nitrogens with zero attached hydrogens (tertiary/aromatic N) is 3. The molecule has 2 N–H and O–H groups in total. The number of anilines is 1. The van der Waals surface area contributed by atoms with Gasteiger partial charge in [-0.25, -0.2) is 0 Å². The molecular formula is C15H21BrN4. The Labute approximate surface area is 128 Å². The van der Waals surface area contributed by atoms with Crippen molar-refractivity contribution < 1.29 is 0 Å². The number of hydrogen-bond donors (Lipinski definition) is 1. The lowest BCUT2D eigenvalue weighted by atomic mass is 9.89. The van der Waals surface area contributed by atoms with E-state index < -0.39 is 0 Å². The number of para-hydroxylation sites is 1. The molecule has 5 heteroatoms. The van der Waals surface area contributed by atoms with Gasteiger partial charge in [-0.2, -0.15) is 0 Å². The van der Waals surface area contributed by atoms with Gasteiger partial charge in [-0.15, -0.1) is 0 Å². The van der Waals surface area contributed by atoms with Crippen LogP contribution in [-0.2, 0) is 0 Å². The van der Waals surface area contributed by atoms with Crippen LogP contribution in [0.5, 0.6) is 0 Å². The number of aliphatic imine (C=N–C) groups is 1. The molecule has 1 fully saturated rings. The lowest BCUT2D eigenvalue weighted by Gasteiger charge is -2.39. The summed E-state index contributed by atoms with van der Waals surface area (Å²) in [5.41, 5.74) is 7.40. The molecule has 0 radical (unpaired) electrons. The summed E-state index contributed by atoms with van der Waals surface area (Å²) in [6.07, 6.45) is 3.44. The molecule has 0 bridgehead atoms. The first-order valence-corrected chi connectivity index (χ1v) is 7.95. The van der Waals surface area contributed by atoms with Crippen molar-refractivity contribution in [2.24, 2.45) is 10.7 Å². The highest BCUT2D eigenvalue weighted by atomic mass is 79.9. The van der Waals surface area contributed by atoms with Gasteiger partial charge in [-0.1, -0.05) is 12.1 Å². The van der Waals surface area contributed by atoms with Gasteiger partial charge in [0.15, 0.2) is 5.96 Å². The molecule has 1 spiro atoms. The van der Waals surface area contributed by atoms with Crippen LogP contribution >= 0.6 is 15.9 Å². The van der Waals surface area contributed by atoms with Crippen LogP contribution in [0.2, 0.25) is 0 Å². The molecule has 1 atom stereocenters. The highest BCUT2D eigenvalue weighted by Crippen LogP contribution is 2.39. The number of hydrogen-bond acceptors (Lipinski definition) is 4. The van der Waals surface area contributed by atoms with E-state index in [4.69, 9.17) is 5.73 Å². The molecule has 20 heavy (non-hydrogen) atoms. The average Bonchev–Trinajstić information content (AvgIpc) is 2.62. The minimum atomic E-state index is 0.0543. The zero-order valence-electron chi connectivity index (χ0n) is 11.8. The summed E-state index contributed by atoms with van der Waals surface area (Å²) in [7, 11) is 2.20. The summed E-state index contributed by atoms with van der Waals surface area (Å²) in [6, 6.07) is 8.28. The van der Waals surface area contributed by atoms with Gasteiger partial charge >= 0.3 is 0 Å². The molecule has 108 valence electrons. The first-order chi connectivity index (χ1) is 9.62. The summed E-state index contributed by atoms with van der Waals surface area (Å²) in [6.45, 7) is 3.07. The Bertz CT molecular complexity index is 530. The van der Waals surface area contributed by atoms with Gasteiger partial charge in [-0.05, 0) is 60.9 Å². The van der Waals surface area contributed by atoms with Crippen molar-refractivity contribution >= 4 is 27.6 Å². The number of nitrogens with two attached hydrogens (primary N) is 1. The lowest BCUT2D eigenvalue weighted by Crippen LogP contribution is -2.52. The van der Waals surface area contributed by atoms with Crippen LogP contribution in [-0.4, -0.2) is 43.1 Å². The Balaban J connectivity index is 1.98. The van der Waals surface area contributed by atoms with Crippen molar-refractivity contribution in [1.29, 1.82) is 0 Å². The van der Waals surface area contributed by atoms with Crippen molar-refractivity contribution in [3.63, 3.8) is 0 Å². The summed E-state index contributed by atoms with van der Waals surface area (Å²) >= 11 is 3.65. The van der Waals surface area contributed by atoms with E-state index in [0.29, 0.717) is 5.96 Å². The number of guanidine groups is 1. The van der Waals surface area contributed by atoms with Gasteiger partial charge in [0.1, 0.15) is 0 Å². The fourth-order valence-corrected chi connectivity index (χ4v) is 3.78. The third-order valence-electron chi connectivity index (χ3n) is 4.47. The molecule has 3 rings (SSSR count). The zero-order chi connectivity index (χ0) is 14.2. The molecule has 0 amide bonds. The summed E-state index contributed by atoms with van der Waals surface area (Å²) in [4.78, 5) is 9.22. The van der Waals surface area contributed by atoms with E-state index in [2.05, 4.69) is 56.0 Å². The Hall–Kier alpha value is -1.07. The lowest BCUT2D eigenvalue weighted by molar-refractivity contribution is 0.334. The number of likely N-dealkylation sites (tertiary alicyclic amines) is 1. The molecular weight excluding hydrogens is 316 g/mol. The Morgan fingerprint density at radius 2 is 2.05 bits per heavy atom. The van der Waals surface area contributed by atoms with Crippen LogP contribution in [0.15, 0.2) is 33.7 Å². The van der Waals surface area contributed by atoms with E-state index in [1.54, 1.807) is 0 Å². The van der Waals surface area contributed by atoms with E-state index >= 15 is 0 Å². The maximum absolute atomic E-state index is 6.21. The monoisotopic (exact) mass is 336 g/mol. The van der Waals surface area contributed by atoms with Crippen molar-refractivity contribution in [3.05, 3.63) is 28.7 Å². The predicted molar refractivity (Wildman–Crippen MR) is 87.2 cm³/mol. The molecule has 1 aromatic carbocycles. The van der Waals surface area contributed by atoms with Crippen molar-refractivity contribution in [2.75, 3.05) is 31.6 Å². The zero-order valence-corrected chi connectivity index (χ0v) is 13.4. The third kappa shape index (κ3) is 2.33.